The molecule has 0 radical (unpaired) electrons. The van der Waals surface area contributed by atoms with Gasteiger partial charge in [-0.25, -0.2) is 4.98 Å². The first-order valence-electron chi connectivity index (χ1n) is 6.48. The first kappa shape index (κ1) is 11.6. The molecule has 0 amide bonds. The first-order chi connectivity index (χ1) is 7.85. The predicted octanol–water partition coefficient (Wildman–Crippen LogP) is 2.66. The number of aromatic nitrogens is 1. The zero-order valence-corrected chi connectivity index (χ0v) is 10.4. The maximum Gasteiger partial charge on any atom is 0.197 e. The summed E-state index contributed by atoms with van der Waals surface area (Å²) < 4.78 is 5.94. The van der Waals surface area contributed by atoms with Crippen LogP contribution in [-0.2, 0) is 12.8 Å². The lowest BCUT2D eigenvalue weighted by atomic mass is 10.1. The quantitative estimate of drug-likeness (QED) is 0.832. The highest BCUT2D eigenvalue weighted by molar-refractivity contribution is 5.13. The van der Waals surface area contributed by atoms with Crippen molar-refractivity contribution in [1.29, 1.82) is 0 Å². The third-order valence-corrected chi connectivity index (χ3v) is 3.44. The molecule has 0 aromatic carbocycles. The SMILES string of the molecule is CCc1nc(C2CCCC2)oc1CCNC. The zero-order valence-electron chi connectivity index (χ0n) is 10.4. The van der Waals surface area contributed by atoms with E-state index in [4.69, 9.17) is 4.42 Å². The van der Waals surface area contributed by atoms with Crippen LogP contribution in [0.25, 0.3) is 0 Å². The molecule has 1 fully saturated rings. The van der Waals surface area contributed by atoms with E-state index in [1.807, 2.05) is 7.05 Å². The summed E-state index contributed by atoms with van der Waals surface area (Å²) in [5.41, 5.74) is 1.16. The number of rotatable bonds is 5. The van der Waals surface area contributed by atoms with E-state index in [0.29, 0.717) is 5.92 Å². The molecule has 0 unspecified atom stereocenters. The summed E-state index contributed by atoms with van der Waals surface area (Å²) in [6, 6.07) is 0. The Kier molecular flexibility index (Phi) is 3.99. The summed E-state index contributed by atoms with van der Waals surface area (Å²) in [6.07, 6.45) is 7.12. The summed E-state index contributed by atoms with van der Waals surface area (Å²) in [5.74, 6) is 2.69. The second kappa shape index (κ2) is 5.48. The van der Waals surface area contributed by atoms with E-state index in [2.05, 4.69) is 17.2 Å². The Bertz CT molecular complexity index is 327. The van der Waals surface area contributed by atoms with Crippen LogP contribution in [0.2, 0.25) is 0 Å². The molecule has 3 nitrogen and oxygen atoms in total. The molecule has 2 rings (SSSR count). The largest absolute Gasteiger partial charge is 0.445 e. The minimum atomic E-state index is 0.591. The van der Waals surface area contributed by atoms with Crippen molar-refractivity contribution in [2.75, 3.05) is 13.6 Å². The fraction of sp³-hybridized carbons (Fsp3) is 0.769. The third-order valence-electron chi connectivity index (χ3n) is 3.44. The number of oxazole rings is 1. The molecule has 3 heteroatoms. The molecular formula is C13H22N2O. The predicted molar refractivity (Wildman–Crippen MR) is 64.7 cm³/mol. The van der Waals surface area contributed by atoms with Crippen LogP contribution in [-0.4, -0.2) is 18.6 Å². The standard InChI is InChI=1S/C13H22N2O/c1-3-11-12(8-9-14-2)16-13(15-11)10-6-4-5-7-10/h10,14H,3-9H2,1-2H3. The number of nitrogens with one attached hydrogen (secondary N) is 1. The minimum absolute atomic E-state index is 0.591. The molecule has 1 aliphatic rings. The molecule has 0 spiro atoms. The van der Waals surface area contributed by atoms with Gasteiger partial charge in [0, 0.05) is 18.9 Å². The van der Waals surface area contributed by atoms with Crippen LogP contribution in [0, 0.1) is 0 Å². The van der Waals surface area contributed by atoms with E-state index in [1.54, 1.807) is 0 Å². The van der Waals surface area contributed by atoms with Crippen molar-refractivity contribution in [3.63, 3.8) is 0 Å². The van der Waals surface area contributed by atoms with Crippen LogP contribution in [0.1, 0.15) is 55.9 Å². The van der Waals surface area contributed by atoms with Gasteiger partial charge in [0.2, 0.25) is 0 Å². The maximum absolute atomic E-state index is 5.94. The fourth-order valence-corrected chi connectivity index (χ4v) is 2.46. The van der Waals surface area contributed by atoms with E-state index >= 15 is 0 Å². The van der Waals surface area contributed by atoms with Gasteiger partial charge in [-0.3, -0.25) is 0 Å². The molecule has 0 bridgehead atoms. The number of hydrogen-bond donors (Lipinski definition) is 1. The van der Waals surface area contributed by atoms with Crippen molar-refractivity contribution in [1.82, 2.24) is 10.3 Å². The summed E-state index contributed by atoms with van der Waals surface area (Å²) in [5, 5.41) is 3.16. The van der Waals surface area contributed by atoms with Crippen molar-refractivity contribution in [3.8, 4) is 0 Å². The second-order valence-corrected chi connectivity index (χ2v) is 4.61. The Hall–Kier alpha value is -0.830. The van der Waals surface area contributed by atoms with Gasteiger partial charge < -0.3 is 9.73 Å². The van der Waals surface area contributed by atoms with Gasteiger partial charge >= 0.3 is 0 Å². The summed E-state index contributed by atoms with van der Waals surface area (Å²) in [4.78, 5) is 4.67. The van der Waals surface area contributed by atoms with E-state index in [-0.39, 0.29) is 0 Å². The highest BCUT2D eigenvalue weighted by Gasteiger charge is 2.23. The van der Waals surface area contributed by atoms with E-state index in [0.717, 1.165) is 36.7 Å². The Morgan fingerprint density at radius 1 is 1.38 bits per heavy atom. The van der Waals surface area contributed by atoms with Crippen LogP contribution in [0.5, 0.6) is 0 Å². The van der Waals surface area contributed by atoms with Crippen molar-refractivity contribution < 1.29 is 4.42 Å². The summed E-state index contributed by atoms with van der Waals surface area (Å²) >= 11 is 0. The smallest absolute Gasteiger partial charge is 0.197 e. The lowest BCUT2D eigenvalue weighted by Crippen LogP contribution is -2.10. The molecule has 1 heterocycles. The van der Waals surface area contributed by atoms with Gasteiger partial charge in [0.05, 0.1) is 5.69 Å². The summed E-state index contributed by atoms with van der Waals surface area (Å²) in [7, 11) is 1.97. The molecule has 16 heavy (non-hydrogen) atoms. The Morgan fingerprint density at radius 3 is 2.75 bits per heavy atom. The highest BCUT2D eigenvalue weighted by atomic mass is 16.4. The van der Waals surface area contributed by atoms with E-state index in [1.165, 1.54) is 25.7 Å². The fourth-order valence-electron chi connectivity index (χ4n) is 2.46. The highest BCUT2D eigenvalue weighted by Crippen LogP contribution is 2.34. The number of aryl methyl sites for hydroxylation is 1. The molecule has 0 atom stereocenters. The number of likely N-dealkylation sites (N-methyl/N-ethyl adjacent to an activating group) is 1. The monoisotopic (exact) mass is 222 g/mol. The van der Waals surface area contributed by atoms with Crippen LogP contribution < -0.4 is 5.32 Å². The van der Waals surface area contributed by atoms with Crippen molar-refractivity contribution in [3.05, 3.63) is 17.3 Å². The van der Waals surface area contributed by atoms with Gasteiger partial charge in [-0.15, -0.1) is 0 Å². The molecule has 0 aliphatic heterocycles. The van der Waals surface area contributed by atoms with Crippen molar-refractivity contribution >= 4 is 0 Å². The number of nitrogens with zero attached hydrogens (tertiary/aromatic N) is 1. The van der Waals surface area contributed by atoms with Crippen LogP contribution >= 0.6 is 0 Å². The molecule has 1 N–H and O–H groups in total. The second-order valence-electron chi connectivity index (χ2n) is 4.61. The average Bonchev–Trinajstić information content (AvgIpc) is 2.94. The molecule has 90 valence electrons. The third kappa shape index (κ3) is 2.46. The normalized spacial score (nSPS) is 17.1. The van der Waals surface area contributed by atoms with Gasteiger partial charge in [0.15, 0.2) is 5.89 Å². The summed E-state index contributed by atoms with van der Waals surface area (Å²) in [6.45, 7) is 3.12. The number of hydrogen-bond acceptors (Lipinski definition) is 3. The lowest BCUT2D eigenvalue weighted by molar-refractivity contribution is 0.416. The molecule has 1 aliphatic carbocycles. The van der Waals surface area contributed by atoms with Gasteiger partial charge in [-0.1, -0.05) is 19.8 Å². The van der Waals surface area contributed by atoms with Gasteiger partial charge in [0.25, 0.3) is 0 Å². The van der Waals surface area contributed by atoms with Crippen LogP contribution in [0.4, 0.5) is 0 Å². The van der Waals surface area contributed by atoms with Gasteiger partial charge in [0.1, 0.15) is 5.76 Å². The maximum atomic E-state index is 5.94. The Balaban J connectivity index is 2.10. The molecule has 1 saturated carbocycles. The van der Waals surface area contributed by atoms with Gasteiger partial charge in [-0.05, 0) is 26.3 Å². The van der Waals surface area contributed by atoms with Crippen molar-refractivity contribution in [2.45, 2.75) is 51.4 Å². The van der Waals surface area contributed by atoms with E-state index < -0.39 is 0 Å². The molecular weight excluding hydrogens is 200 g/mol. The average molecular weight is 222 g/mol. The van der Waals surface area contributed by atoms with Crippen LogP contribution in [0.15, 0.2) is 4.42 Å². The lowest BCUT2D eigenvalue weighted by Gasteiger charge is -2.01. The molecule has 0 saturated heterocycles. The Morgan fingerprint density at radius 2 is 2.12 bits per heavy atom. The van der Waals surface area contributed by atoms with Crippen LogP contribution in [0.3, 0.4) is 0 Å². The topological polar surface area (TPSA) is 38.1 Å². The molecule has 1 aromatic rings. The Labute approximate surface area is 97.6 Å². The first-order valence-corrected chi connectivity index (χ1v) is 6.48. The van der Waals surface area contributed by atoms with Crippen molar-refractivity contribution in [2.24, 2.45) is 0 Å². The zero-order chi connectivity index (χ0) is 11.4. The van der Waals surface area contributed by atoms with E-state index in [9.17, 15) is 0 Å². The molecule has 1 aromatic heterocycles. The van der Waals surface area contributed by atoms with Gasteiger partial charge in [-0.2, -0.15) is 0 Å². The minimum Gasteiger partial charge on any atom is -0.445 e.